The Bertz CT molecular complexity index is 199. The van der Waals surface area contributed by atoms with Gasteiger partial charge in [0, 0.05) is 6.42 Å². The Morgan fingerprint density at radius 2 is 2.07 bits per heavy atom. The first-order valence-electron chi connectivity index (χ1n) is 5.53. The molecular weight excluding hydrogens is 180 g/mol. The first kappa shape index (κ1) is 10.4. The van der Waals surface area contributed by atoms with Gasteiger partial charge in [0.05, 0.1) is 6.10 Å². The maximum absolute atomic E-state index is 5.83. The molecule has 0 N–H and O–H groups in total. The molecule has 0 aromatic heterocycles. The molecule has 0 aliphatic carbocycles. The molecule has 0 amide bonds. The predicted octanol–water partition coefficient (Wildman–Crippen LogP) is 2.30. The van der Waals surface area contributed by atoms with Crippen LogP contribution in [0.25, 0.3) is 0 Å². The van der Waals surface area contributed by atoms with Crippen LogP contribution in [0.5, 0.6) is 0 Å². The van der Waals surface area contributed by atoms with E-state index in [0.717, 1.165) is 12.8 Å². The van der Waals surface area contributed by atoms with E-state index in [1.54, 1.807) is 0 Å². The monoisotopic (exact) mass is 200 g/mol. The molecule has 14 heavy (non-hydrogen) atoms. The van der Waals surface area contributed by atoms with Crippen molar-refractivity contribution in [2.24, 2.45) is 5.92 Å². The third kappa shape index (κ3) is 1.81. The summed E-state index contributed by atoms with van der Waals surface area (Å²) in [5, 5.41) is 0. The van der Waals surface area contributed by atoms with Crippen LogP contribution in [0.4, 0.5) is 0 Å². The van der Waals surface area contributed by atoms with Gasteiger partial charge in [-0.25, -0.2) is 0 Å². The minimum Gasteiger partial charge on any atom is -0.346 e. The van der Waals surface area contributed by atoms with Crippen molar-refractivity contribution in [1.82, 2.24) is 0 Å². The molecule has 82 valence electrons. The van der Waals surface area contributed by atoms with Crippen LogP contribution >= 0.6 is 0 Å². The highest BCUT2D eigenvalue weighted by Crippen LogP contribution is 2.39. The fourth-order valence-corrected chi connectivity index (χ4v) is 2.16. The highest BCUT2D eigenvalue weighted by Gasteiger charge is 2.49. The average molecular weight is 200 g/mol. The van der Waals surface area contributed by atoms with Crippen LogP contribution in [-0.2, 0) is 14.2 Å². The van der Waals surface area contributed by atoms with E-state index in [1.807, 2.05) is 13.8 Å². The van der Waals surface area contributed by atoms with E-state index in [4.69, 9.17) is 14.2 Å². The lowest BCUT2D eigenvalue weighted by atomic mass is 9.99. The molecule has 0 radical (unpaired) electrons. The van der Waals surface area contributed by atoms with E-state index in [-0.39, 0.29) is 12.4 Å². The second-order valence-electron chi connectivity index (χ2n) is 4.84. The Labute approximate surface area is 85.7 Å². The minimum absolute atomic E-state index is 0.135. The first-order chi connectivity index (χ1) is 6.52. The van der Waals surface area contributed by atoms with Crippen molar-refractivity contribution in [1.29, 1.82) is 0 Å². The summed E-state index contributed by atoms with van der Waals surface area (Å²) in [6, 6.07) is 0. The van der Waals surface area contributed by atoms with Crippen LogP contribution in [-0.4, -0.2) is 24.3 Å². The molecular formula is C11H20O3. The molecule has 3 nitrogen and oxygen atoms in total. The molecule has 1 unspecified atom stereocenters. The van der Waals surface area contributed by atoms with Crippen LogP contribution in [0.1, 0.15) is 40.5 Å². The average Bonchev–Trinajstić information content (AvgIpc) is 2.56. The van der Waals surface area contributed by atoms with Crippen molar-refractivity contribution in [3.63, 3.8) is 0 Å². The molecule has 2 rings (SSSR count). The van der Waals surface area contributed by atoms with E-state index < -0.39 is 5.79 Å². The zero-order chi connectivity index (χ0) is 10.3. The van der Waals surface area contributed by atoms with E-state index >= 15 is 0 Å². The summed E-state index contributed by atoms with van der Waals surface area (Å²) in [7, 11) is 0. The molecule has 0 spiro atoms. The summed E-state index contributed by atoms with van der Waals surface area (Å²) in [5.41, 5.74) is 0. The molecule has 2 saturated heterocycles. The topological polar surface area (TPSA) is 27.7 Å². The Kier molecular flexibility index (Phi) is 2.58. The number of hydrogen-bond donors (Lipinski definition) is 0. The minimum atomic E-state index is -0.463. The smallest absolute Gasteiger partial charge is 0.187 e. The number of fused-ring (bicyclic) bond motifs is 1. The number of ether oxygens (including phenoxy) is 3. The van der Waals surface area contributed by atoms with Crippen LogP contribution in [0.15, 0.2) is 0 Å². The second-order valence-corrected chi connectivity index (χ2v) is 4.84. The van der Waals surface area contributed by atoms with E-state index in [1.165, 1.54) is 0 Å². The largest absolute Gasteiger partial charge is 0.346 e. The SMILES string of the molecule is CCC(C)[C@@H]1C[C@H]2OC(C)(C)O[C@H]2O1. The lowest BCUT2D eigenvalue weighted by Gasteiger charge is -2.23. The lowest BCUT2D eigenvalue weighted by molar-refractivity contribution is -0.209. The van der Waals surface area contributed by atoms with Gasteiger partial charge in [-0.15, -0.1) is 0 Å². The standard InChI is InChI=1S/C11H20O3/c1-5-7(2)8-6-9-10(12-8)14-11(3,4)13-9/h7-10H,5-6H2,1-4H3/t7?,8-,9+,10+/m0/s1. The summed E-state index contributed by atoms with van der Waals surface area (Å²) in [5.74, 6) is 0.131. The van der Waals surface area contributed by atoms with Gasteiger partial charge in [-0.1, -0.05) is 20.3 Å². The predicted molar refractivity (Wildman–Crippen MR) is 52.8 cm³/mol. The first-order valence-corrected chi connectivity index (χ1v) is 5.53. The van der Waals surface area contributed by atoms with Crippen LogP contribution < -0.4 is 0 Å². The van der Waals surface area contributed by atoms with Gasteiger partial charge in [-0.2, -0.15) is 0 Å². The number of hydrogen-bond acceptors (Lipinski definition) is 3. The normalized spacial score (nSPS) is 42.4. The van der Waals surface area contributed by atoms with Gasteiger partial charge in [-0.3, -0.25) is 0 Å². The molecule has 2 aliphatic heterocycles. The lowest BCUT2D eigenvalue weighted by Crippen LogP contribution is -2.26. The van der Waals surface area contributed by atoms with E-state index in [9.17, 15) is 0 Å². The molecule has 2 heterocycles. The summed E-state index contributed by atoms with van der Waals surface area (Å²) >= 11 is 0. The third-order valence-corrected chi connectivity index (χ3v) is 3.19. The van der Waals surface area contributed by atoms with Crippen LogP contribution in [0.3, 0.4) is 0 Å². The van der Waals surface area contributed by atoms with Crippen molar-refractivity contribution >= 4 is 0 Å². The maximum atomic E-state index is 5.83. The molecule has 2 fully saturated rings. The second kappa shape index (κ2) is 3.47. The Balaban J connectivity index is 1.93. The Morgan fingerprint density at radius 3 is 2.64 bits per heavy atom. The molecule has 0 saturated carbocycles. The van der Waals surface area contributed by atoms with Gasteiger partial charge in [-0.05, 0) is 19.8 Å². The highest BCUT2D eigenvalue weighted by molar-refractivity contribution is 4.86. The van der Waals surface area contributed by atoms with Crippen molar-refractivity contribution in [3.05, 3.63) is 0 Å². The van der Waals surface area contributed by atoms with Crippen molar-refractivity contribution in [3.8, 4) is 0 Å². The van der Waals surface area contributed by atoms with Gasteiger partial charge in [0.15, 0.2) is 12.1 Å². The zero-order valence-corrected chi connectivity index (χ0v) is 9.45. The Hall–Kier alpha value is -0.120. The van der Waals surface area contributed by atoms with E-state index in [0.29, 0.717) is 12.0 Å². The van der Waals surface area contributed by atoms with Crippen molar-refractivity contribution in [2.75, 3.05) is 0 Å². The fourth-order valence-electron chi connectivity index (χ4n) is 2.16. The van der Waals surface area contributed by atoms with Crippen molar-refractivity contribution in [2.45, 2.75) is 64.8 Å². The van der Waals surface area contributed by atoms with Gasteiger partial charge < -0.3 is 14.2 Å². The third-order valence-electron chi connectivity index (χ3n) is 3.19. The summed E-state index contributed by atoms with van der Waals surface area (Å²) in [4.78, 5) is 0. The van der Waals surface area contributed by atoms with Gasteiger partial charge in [0.1, 0.15) is 6.10 Å². The molecule has 0 aromatic carbocycles. The number of rotatable bonds is 2. The quantitative estimate of drug-likeness (QED) is 0.684. The van der Waals surface area contributed by atoms with Crippen LogP contribution in [0.2, 0.25) is 0 Å². The Morgan fingerprint density at radius 1 is 1.36 bits per heavy atom. The summed E-state index contributed by atoms with van der Waals surface area (Å²) < 4.78 is 17.2. The van der Waals surface area contributed by atoms with Gasteiger partial charge in [0.2, 0.25) is 0 Å². The summed E-state index contributed by atoms with van der Waals surface area (Å²) in [6.45, 7) is 8.28. The molecule has 0 bridgehead atoms. The summed E-state index contributed by atoms with van der Waals surface area (Å²) in [6.07, 6.45) is 2.44. The fraction of sp³-hybridized carbons (Fsp3) is 1.00. The molecule has 0 aromatic rings. The van der Waals surface area contributed by atoms with Gasteiger partial charge in [0.25, 0.3) is 0 Å². The highest BCUT2D eigenvalue weighted by atomic mass is 16.8. The molecule has 4 atom stereocenters. The van der Waals surface area contributed by atoms with Crippen LogP contribution in [0, 0.1) is 5.92 Å². The van der Waals surface area contributed by atoms with Gasteiger partial charge >= 0.3 is 0 Å². The van der Waals surface area contributed by atoms with Crippen molar-refractivity contribution < 1.29 is 14.2 Å². The molecule has 2 aliphatic rings. The van der Waals surface area contributed by atoms with E-state index in [2.05, 4.69) is 13.8 Å². The zero-order valence-electron chi connectivity index (χ0n) is 9.45. The molecule has 3 heteroatoms. The maximum Gasteiger partial charge on any atom is 0.187 e.